The minimum absolute atomic E-state index is 0.0554. The first-order valence-corrected chi connectivity index (χ1v) is 7.29. The van der Waals surface area contributed by atoms with Crippen LogP contribution in [0.4, 0.5) is 11.4 Å². The molecule has 0 aliphatic carbocycles. The molecule has 0 unspecified atom stereocenters. The number of hydrogen-bond acceptors (Lipinski definition) is 3. The Balaban J connectivity index is 2.32. The molecule has 2 rings (SSSR count). The average Bonchev–Trinajstić information content (AvgIpc) is 2.42. The minimum Gasteiger partial charge on any atom is -0.322 e. The van der Waals surface area contributed by atoms with Crippen LogP contribution in [0.1, 0.15) is 21.5 Å². The number of rotatable bonds is 3. The zero-order chi connectivity index (χ0) is 15.6. The van der Waals surface area contributed by atoms with Crippen LogP contribution in [0.15, 0.2) is 36.4 Å². The third-order valence-electron chi connectivity index (χ3n) is 3.11. The quantitative estimate of drug-likeness (QED) is 0.483. The van der Waals surface area contributed by atoms with Crippen molar-refractivity contribution in [3.8, 4) is 0 Å². The topological polar surface area (TPSA) is 72.2 Å². The van der Waals surface area contributed by atoms with Gasteiger partial charge in [-0.15, -0.1) is 0 Å². The van der Waals surface area contributed by atoms with Gasteiger partial charge in [-0.25, -0.2) is 0 Å². The molecule has 6 heteroatoms. The van der Waals surface area contributed by atoms with Gasteiger partial charge in [0.1, 0.15) is 0 Å². The van der Waals surface area contributed by atoms with Gasteiger partial charge in [0.2, 0.25) is 0 Å². The molecule has 108 valence electrons. The number of nitro benzene ring substituents is 1. The Hall–Kier alpha value is -1.96. The number of benzene rings is 2. The molecule has 0 aromatic heterocycles. The highest BCUT2D eigenvalue weighted by atomic mass is 127. The van der Waals surface area contributed by atoms with E-state index in [9.17, 15) is 14.9 Å². The Kier molecular flexibility index (Phi) is 4.56. The molecule has 0 heterocycles. The fourth-order valence-electron chi connectivity index (χ4n) is 1.97. The number of nitrogens with one attached hydrogen (secondary N) is 1. The van der Waals surface area contributed by atoms with Gasteiger partial charge in [-0.3, -0.25) is 14.9 Å². The van der Waals surface area contributed by atoms with E-state index in [-0.39, 0.29) is 11.6 Å². The van der Waals surface area contributed by atoms with Gasteiger partial charge in [-0.2, -0.15) is 0 Å². The Bertz CT molecular complexity index is 729. The molecule has 1 N–H and O–H groups in total. The Morgan fingerprint density at radius 2 is 1.86 bits per heavy atom. The van der Waals surface area contributed by atoms with Crippen LogP contribution in [0, 0.1) is 27.5 Å². The third-order valence-corrected chi connectivity index (χ3v) is 4.05. The fourth-order valence-corrected chi connectivity index (χ4v) is 2.60. The lowest BCUT2D eigenvalue weighted by Crippen LogP contribution is -2.14. The molecule has 0 fully saturated rings. The summed E-state index contributed by atoms with van der Waals surface area (Å²) in [4.78, 5) is 22.7. The predicted octanol–water partition coefficient (Wildman–Crippen LogP) is 4.07. The molecule has 2 aromatic carbocycles. The van der Waals surface area contributed by atoms with Crippen LogP contribution in [-0.4, -0.2) is 10.8 Å². The Morgan fingerprint density at radius 3 is 2.48 bits per heavy atom. The highest BCUT2D eigenvalue weighted by Crippen LogP contribution is 2.26. The van der Waals surface area contributed by atoms with Gasteiger partial charge in [0.05, 0.1) is 10.5 Å². The largest absolute Gasteiger partial charge is 0.322 e. The van der Waals surface area contributed by atoms with E-state index in [1.807, 2.05) is 12.1 Å². The molecule has 0 saturated carbocycles. The number of nitro groups is 1. The number of carbonyl (C=O) groups is 1. The van der Waals surface area contributed by atoms with Crippen LogP contribution in [0.3, 0.4) is 0 Å². The zero-order valence-electron chi connectivity index (χ0n) is 11.5. The summed E-state index contributed by atoms with van der Waals surface area (Å²) in [5, 5.41) is 13.7. The van der Waals surface area contributed by atoms with Crippen molar-refractivity contribution in [2.75, 3.05) is 5.32 Å². The van der Waals surface area contributed by atoms with Gasteiger partial charge in [0, 0.05) is 20.9 Å². The first kappa shape index (κ1) is 15.4. The molecule has 2 aromatic rings. The first-order valence-electron chi connectivity index (χ1n) is 6.21. The van der Waals surface area contributed by atoms with Crippen molar-refractivity contribution in [2.24, 2.45) is 0 Å². The smallest absolute Gasteiger partial charge is 0.272 e. The van der Waals surface area contributed by atoms with Gasteiger partial charge in [-0.1, -0.05) is 12.1 Å². The van der Waals surface area contributed by atoms with Crippen LogP contribution >= 0.6 is 22.6 Å². The van der Waals surface area contributed by atoms with Crippen molar-refractivity contribution in [3.63, 3.8) is 0 Å². The van der Waals surface area contributed by atoms with Crippen molar-refractivity contribution < 1.29 is 9.72 Å². The minimum atomic E-state index is -0.423. The number of carbonyl (C=O) groups excluding carboxylic acids is 1. The molecule has 0 spiro atoms. The Labute approximate surface area is 135 Å². The monoisotopic (exact) mass is 396 g/mol. The van der Waals surface area contributed by atoms with Gasteiger partial charge < -0.3 is 5.32 Å². The number of hydrogen-bond donors (Lipinski definition) is 1. The summed E-state index contributed by atoms with van der Waals surface area (Å²) in [5.74, 6) is -0.226. The number of anilines is 1. The summed E-state index contributed by atoms with van der Waals surface area (Å²) in [6.45, 7) is 3.39. The normalized spacial score (nSPS) is 10.2. The maximum absolute atomic E-state index is 12.3. The highest BCUT2D eigenvalue weighted by molar-refractivity contribution is 14.1. The van der Waals surface area contributed by atoms with Crippen LogP contribution < -0.4 is 5.32 Å². The summed E-state index contributed by atoms with van der Waals surface area (Å²) < 4.78 is 0.851. The molecule has 0 aliphatic rings. The van der Waals surface area contributed by atoms with Crippen molar-refractivity contribution in [2.45, 2.75) is 13.8 Å². The fraction of sp³-hybridized carbons (Fsp3) is 0.133. The van der Waals surface area contributed by atoms with E-state index in [4.69, 9.17) is 0 Å². The van der Waals surface area contributed by atoms with Gasteiger partial charge in [0.15, 0.2) is 0 Å². The molecular formula is C15H13IN2O3. The first-order chi connectivity index (χ1) is 9.90. The standard InChI is InChI=1S/C15H13IN2O3/c1-9-8-14(18(20)21)10(2)7-13(9)17-15(19)11-5-3-4-6-12(11)16/h3-8H,1-2H3,(H,17,19). The molecule has 0 bridgehead atoms. The molecule has 1 amide bonds. The second-order valence-corrected chi connectivity index (χ2v) is 5.81. The highest BCUT2D eigenvalue weighted by Gasteiger charge is 2.16. The lowest BCUT2D eigenvalue weighted by atomic mass is 10.1. The SMILES string of the molecule is Cc1cc([N+](=O)[O-])c(C)cc1NC(=O)c1ccccc1I. The molecule has 0 atom stereocenters. The second kappa shape index (κ2) is 6.21. The molecule has 21 heavy (non-hydrogen) atoms. The number of aryl methyl sites for hydroxylation is 2. The zero-order valence-corrected chi connectivity index (χ0v) is 13.7. The summed E-state index contributed by atoms with van der Waals surface area (Å²) in [5.41, 5.74) is 2.39. The molecule has 0 saturated heterocycles. The van der Waals surface area contributed by atoms with E-state index in [1.54, 1.807) is 32.0 Å². The number of nitrogens with zero attached hydrogens (tertiary/aromatic N) is 1. The number of amides is 1. The predicted molar refractivity (Wildman–Crippen MR) is 89.7 cm³/mol. The molecule has 5 nitrogen and oxygen atoms in total. The van der Waals surface area contributed by atoms with Gasteiger partial charge >= 0.3 is 0 Å². The van der Waals surface area contributed by atoms with E-state index in [0.717, 1.165) is 3.57 Å². The van der Waals surface area contributed by atoms with Crippen molar-refractivity contribution in [3.05, 3.63) is 66.8 Å². The molecule has 0 aliphatic heterocycles. The summed E-state index contributed by atoms with van der Waals surface area (Å²) in [6, 6.07) is 10.3. The average molecular weight is 396 g/mol. The van der Waals surface area contributed by atoms with Crippen LogP contribution in [0.2, 0.25) is 0 Å². The van der Waals surface area contributed by atoms with Crippen molar-refractivity contribution in [1.29, 1.82) is 0 Å². The van der Waals surface area contributed by atoms with Crippen LogP contribution in [0.25, 0.3) is 0 Å². The van der Waals surface area contributed by atoms with Crippen LogP contribution in [0.5, 0.6) is 0 Å². The van der Waals surface area contributed by atoms with E-state index >= 15 is 0 Å². The maximum atomic E-state index is 12.3. The van der Waals surface area contributed by atoms with E-state index in [0.29, 0.717) is 22.4 Å². The molecular weight excluding hydrogens is 383 g/mol. The summed E-state index contributed by atoms with van der Waals surface area (Å²) >= 11 is 2.10. The van der Waals surface area contributed by atoms with E-state index in [1.165, 1.54) is 6.07 Å². The van der Waals surface area contributed by atoms with Crippen LogP contribution in [-0.2, 0) is 0 Å². The van der Waals surface area contributed by atoms with Gasteiger partial charge in [-0.05, 0) is 60.2 Å². The number of halogens is 1. The summed E-state index contributed by atoms with van der Waals surface area (Å²) in [7, 11) is 0. The lowest BCUT2D eigenvalue weighted by molar-refractivity contribution is -0.385. The summed E-state index contributed by atoms with van der Waals surface area (Å²) in [6.07, 6.45) is 0. The van der Waals surface area contributed by atoms with E-state index < -0.39 is 4.92 Å². The third kappa shape index (κ3) is 3.38. The maximum Gasteiger partial charge on any atom is 0.272 e. The molecule has 0 radical (unpaired) electrons. The Morgan fingerprint density at radius 1 is 1.19 bits per heavy atom. The van der Waals surface area contributed by atoms with Gasteiger partial charge in [0.25, 0.3) is 11.6 Å². The van der Waals surface area contributed by atoms with Crippen molar-refractivity contribution >= 4 is 39.9 Å². The second-order valence-electron chi connectivity index (χ2n) is 4.64. The van der Waals surface area contributed by atoms with E-state index in [2.05, 4.69) is 27.9 Å². The van der Waals surface area contributed by atoms with Crippen molar-refractivity contribution in [1.82, 2.24) is 0 Å². The lowest BCUT2D eigenvalue weighted by Gasteiger charge is -2.10.